The van der Waals surface area contributed by atoms with Crippen LogP contribution in [0.3, 0.4) is 0 Å². The predicted molar refractivity (Wildman–Crippen MR) is 149 cm³/mol. The van der Waals surface area contributed by atoms with Crippen LogP contribution in [0.5, 0.6) is 5.88 Å². The van der Waals surface area contributed by atoms with Crippen molar-refractivity contribution in [2.75, 3.05) is 30.8 Å². The van der Waals surface area contributed by atoms with Crippen LogP contribution in [0, 0.1) is 23.6 Å². The monoisotopic (exact) mass is 574 g/mol. The number of sulfone groups is 1. The Hall–Kier alpha value is -2.95. The van der Waals surface area contributed by atoms with Crippen molar-refractivity contribution in [2.45, 2.75) is 76.4 Å². The molecule has 0 bridgehead atoms. The number of carbonyl (C=O) groups excluding carboxylic acids is 1. The molecule has 1 aromatic carbocycles. The first kappa shape index (κ1) is 28.6. The van der Waals surface area contributed by atoms with Crippen molar-refractivity contribution in [3.63, 3.8) is 0 Å². The van der Waals surface area contributed by atoms with E-state index in [-0.39, 0.29) is 28.9 Å². The molecule has 1 saturated heterocycles. The minimum atomic E-state index is -3.51. The summed E-state index contributed by atoms with van der Waals surface area (Å²) in [6.07, 6.45) is 7.20. The smallest absolute Gasteiger partial charge is 0.410 e. The van der Waals surface area contributed by atoms with Crippen molar-refractivity contribution in [1.82, 2.24) is 14.9 Å². The van der Waals surface area contributed by atoms with E-state index in [2.05, 4.69) is 30.7 Å². The topological polar surface area (TPSA) is 102 Å². The number of rotatable bonds is 6. The zero-order valence-corrected chi connectivity index (χ0v) is 24.5. The number of hydrogen-bond donors (Lipinski definition) is 0. The Morgan fingerprint density at radius 2 is 1.85 bits per heavy atom. The highest BCUT2D eigenvalue weighted by atomic mass is 32.2. The number of benzene rings is 1. The van der Waals surface area contributed by atoms with Gasteiger partial charge in [0, 0.05) is 38.7 Å². The average Bonchev–Trinajstić information content (AvgIpc) is 3.33. The van der Waals surface area contributed by atoms with Crippen LogP contribution in [0.4, 0.5) is 20.7 Å². The molecule has 1 amide bonds. The van der Waals surface area contributed by atoms with Gasteiger partial charge in [-0.15, -0.1) is 0 Å². The normalized spacial score (nSPS) is 23.8. The molecule has 40 heavy (non-hydrogen) atoms. The molecule has 2 fully saturated rings. The number of nitrogens with zero attached hydrogens (tertiary/aromatic N) is 4. The summed E-state index contributed by atoms with van der Waals surface area (Å²) in [5.41, 5.74) is 1.05. The lowest BCUT2D eigenvalue weighted by Gasteiger charge is -2.38. The van der Waals surface area contributed by atoms with Gasteiger partial charge in [-0.1, -0.05) is 27.2 Å². The highest BCUT2D eigenvalue weighted by Gasteiger charge is 2.36. The van der Waals surface area contributed by atoms with Crippen molar-refractivity contribution in [3.8, 4) is 5.88 Å². The lowest BCUT2D eigenvalue weighted by atomic mass is 9.75. The first-order valence-electron chi connectivity index (χ1n) is 14.2. The first-order chi connectivity index (χ1) is 19.0. The molecule has 0 radical (unpaired) electrons. The molecule has 11 heteroatoms. The van der Waals surface area contributed by atoms with Crippen LogP contribution in [0.1, 0.15) is 58.4 Å². The summed E-state index contributed by atoms with van der Waals surface area (Å²) in [4.78, 5) is 25.2. The van der Waals surface area contributed by atoms with Crippen LogP contribution >= 0.6 is 0 Å². The Morgan fingerprint density at radius 3 is 2.52 bits per heavy atom. The van der Waals surface area contributed by atoms with E-state index in [9.17, 15) is 17.6 Å². The lowest BCUT2D eigenvalue weighted by Crippen LogP contribution is -2.45. The molecule has 0 N–H and O–H groups in total. The molecule has 2 aromatic rings. The molecule has 1 aromatic heterocycles. The van der Waals surface area contributed by atoms with Gasteiger partial charge in [-0.25, -0.2) is 27.6 Å². The summed E-state index contributed by atoms with van der Waals surface area (Å²) < 4.78 is 50.8. The summed E-state index contributed by atoms with van der Waals surface area (Å²) in [7, 11) is -3.51. The Balaban J connectivity index is 1.20. The second-order valence-electron chi connectivity index (χ2n) is 11.8. The predicted octanol–water partition coefficient (Wildman–Crippen LogP) is 5.15. The largest absolute Gasteiger partial charge is 0.474 e. The van der Waals surface area contributed by atoms with Crippen LogP contribution in [0.2, 0.25) is 0 Å². The Labute approximate surface area is 236 Å². The number of amides is 1. The highest BCUT2D eigenvalue weighted by Crippen LogP contribution is 2.39. The van der Waals surface area contributed by atoms with Crippen LogP contribution in [-0.2, 0) is 21.0 Å². The molecule has 0 spiro atoms. The average molecular weight is 575 g/mol. The molecular weight excluding hydrogens is 535 g/mol. The second-order valence-corrected chi connectivity index (χ2v) is 13.8. The van der Waals surface area contributed by atoms with Gasteiger partial charge in [0.2, 0.25) is 5.88 Å². The minimum absolute atomic E-state index is 0.0239. The molecule has 5 rings (SSSR count). The van der Waals surface area contributed by atoms with E-state index in [1.807, 2.05) is 0 Å². The minimum Gasteiger partial charge on any atom is -0.474 e. The van der Waals surface area contributed by atoms with Gasteiger partial charge < -0.3 is 19.3 Å². The Bertz CT molecular complexity index is 1350. The number of fused-ring (bicyclic) bond motifs is 1. The van der Waals surface area contributed by atoms with Gasteiger partial charge in [0.15, 0.2) is 9.84 Å². The number of piperidine rings is 1. The number of hydrogen-bond acceptors (Lipinski definition) is 8. The number of likely N-dealkylation sites (tertiary alicyclic amines) is 1. The molecule has 3 atom stereocenters. The van der Waals surface area contributed by atoms with Crippen LogP contribution < -0.4 is 9.64 Å². The maximum atomic E-state index is 14.9. The number of halogens is 1. The SMILES string of the molecule is CC(C)[C@@H]1CC[C@@H](C)CC1OC(=O)N1CCC(Oc2ncnc3c2CCN3c2ccc(S(C)(=O)=O)cc2F)CC1. The number of aromatic nitrogens is 2. The van der Waals surface area contributed by atoms with E-state index in [1.165, 1.54) is 24.9 Å². The third-order valence-electron chi connectivity index (χ3n) is 8.55. The van der Waals surface area contributed by atoms with Gasteiger partial charge in [0.25, 0.3) is 0 Å². The van der Waals surface area contributed by atoms with Crippen molar-refractivity contribution in [1.29, 1.82) is 0 Å². The van der Waals surface area contributed by atoms with Crippen molar-refractivity contribution in [3.05, 3.63) is 35.9 Å². The van der Waals surface area contributed by atoms with E-state index >= 15 is 0 Å². The standard InChI is InChI=1S/C29H39FN4O5S/c1-18(2)22-7-5-19(3)15-26(22)39-29(35)33-12-9-20(10-13-33)38-28-23-11-14-34(27(23)31-17-32-28)25-8-6-21(16-24(25)30)40(4,36)37/h6,8,16-20,22,26H,5,7,9-15H2,1-4H3/t19-,22+,26?/m1/s1. The Morgan fingerprint density at radius 1 is 1.10 bits per heavy atom. The summed E-state index contributed by atoms with van der Waals surface area (Å²) in [6.45, 7) is 8.22. The summed E-state index contributed by atoms with van der Waals surface area (Å²) in [5.74, 6) is 1.86. The van der Waals surface area contributed by atoms with Crippen LogP contribution in [0.15, 0.2) is 29.4 Å². The fourth-order valence-corrected chi connectivity index (χ4v) is 6.84. The molecule has 1 unspecified atom stereocenters. The van der Waals surface area contributed by atoms with E-state index < -0.39 is 15.7 Å². The van der Waals surface area contributed by atoms with Gasteiger partial charge in [0.1, 0.15) is 30.2 Å². The van der Waals surface area contributed by atoms with Gasteiger partial charge in [-0.3, -0.25) is 0 Å². The third kappa shape index (κ3) is 6.04. The third-order valence-corrected chi connectivity index (χ3v) is 9.66. The fourth-order valence-electron chi connectivity index (χ4n) is 6.21. The quantitative estimate of drug-likeness (QED) is 0.467. The molecule has 3 aliphatic rings. The molecule has 218 valence electrons. The zero-order chi connectivity index (χ0) is 28.6. The number of carbonyl (C=O) groups is 1. The first-order valence-corrected chi connectivity index (χ1v) is 16.1. The fraction of sp³-hybridized carbons (Fsp3) is 0.621. The summed E-state index contributed by atoms with van der Waals surface area (Å²) >= 11 is 0. The maximum absolute atomic E-state index is 14.9. The van der Waals surface area contributed by atoms with E-state index in [1.54, 1.807) is 9.80 Å². The van der Waals surface area contributed by atoms with Crippen LogP contribution in [-0.4, -0.2) is 67.5 Å². The second kappa shape index (κ2) is 11.5. The Kier molecular flexibility index (Phi) is 8.22. The van der Waals surface area contributed by atoms with E-state index in [0.717, 1.165) is 30.7 Å². The van der Waals surface area contributed by atoms with E-state index in [0.29, 0.717) is 68.3 Å². The number of anilines is 2. The van der Waals surface area contributed by atoms with Gasteiger partial charge in [0.05, 0.1) is 16.1 Å². The summed E-state index contributed by atoms with van der Waals surface area (Å²) in [6, 6.07) is 3.91. The zero-order valence-electron chi connectivity index (χ0n) is 23.7. The molecular formula is C29H39FN4O5S. The van der Waals surface area contributed by atoms with E-state index in [4.69, 9.17) is 9.47 Å². The number of ether oxygens (including phenoxy) is 2. The summed E-state index contributed by atoms with van der Waals surface area (Å²) in [5, 5.41) is 0. The molecule has 2 aliphatic heterocycles. The van der Waals surface area contributed by atoms with Crippen molar-refractivity contribution in [2.24, 2.45) is 17.8 Å². The van der Waals surface area contributed by atoms with Gasteiger partial charge >= 0.3 is 6.09 Å². The molecule has 9 nitrogen and oxygen atoms in total. The van der Waals surface area contributed by atoms with Crippen LogP contribution in [0.25, 0.3) is 0 Å². The van der Waals surface area contributed by atoms with Crippen molar-refractivity contribution < 1.29 is 27.1 Å². The lowest BCUT2D eigenvalue weighted by molar-refractivity contribution is -0.0166. The molecule has 1 saturated carbocycles. The molecule has 1 aliphatic carbocycles. The van der Waals surface area contributed by atoms with Crippen molar-refractivity contribution >= 4 is 27.4 Å². The van der Waals surface area contributed by atoms with Gasteiger partial charge in [-0.2, -0.15) is 0 Å². The highest BCUT2D eigenvalue weighted by molar-refractivity contribution is 7.90. The maximum Gasteiger partial charge on any atom is 0.410 e. The molecule has 3 heterocycles. The van der Waals surface area contributed by atoms with Gasteiger partial charge in [-0.05, 0) is 55.2 Å².